The van der Waals surface area contributed by atoms with Crippen LogP contribution in [0, 0.1) is 0 Å². The van der Waals surface area contributed by atoms with Crippen LogP contribution in [0.1, 0.15) is 44.4 Å². The number of nitrogens with zero attached hydrogens (tertiary/aromatic N) is 3. The molecule has 8 heteroatoms. The number of hydrogen-bond acceptors (Lipinski definition) is 4. The lowest BCUT2D eigenvalue weighted by Gasteiger charge is -2.29. The third kappa shape index (κ3) is 4.46. The van der Waals surface area contributed by atoms with Gasteiger partial charge in [0.15, 0.2) is 5.60 Å². The molecule has 1 aliphatic heterocycles. The van der Waals surface area contributed by atoms with Gasteiger partial charge in [0.25, 0.3) is 0 Å². The Balaban J connectivity index is 1.54. The molecule has 2 aromatic heterocycles. The highest BCUT2D eigenvalue weighted by Gasteiger charge is 2.30. The normalized spacial score (nSPS) is 16.5. The Morgan fingerprint density at radius 1 is 1.31 bits per heavy atom. The molecule has 7 nitrogen and oxygen atoms in total. The Hall–Kier alpha value is -3.00. The molecule has 1 aliphatic carbocycles. The number of hydrogen-bond donors (Lipinski definition) is 1. The molecule has 170 valence electrons. The van der Waals surface area contributed by atoms with Crippen LogP contribution in [-0.2, 0) is 33.8 Å². The Labute approximate surface area is 186 Å². The summed E-state index contributed by atoms with van der Waals surface area (Å²) in [5.41, 5.74) is 2.75. The predicted molar refractivity (Wildman–Crippen MR) is 118 cm³/mol. The molecule has 0 aromatic carbocycles. The summed E-state index contributed by atoms with van der Waals surface area (Å²) in [6, 6.07) is 3.96. The van der Waals surface area contributed by atoms with Gasteiger partial charge in [-0.1, -0.05) is 0 Å². The van der Waals surface area contributed by atoms with E-state index in [4.69, 9.17) is 9.84 Å². The minimum Gasteiger partial charge on any atom is -0.479 e. The lowest BCUT2D eigenvalue weighted by atomic mass is 10.0. The van der Waals surface area contributed by atoms with Gasteiger partial charge in [-0.3, -0.25) is 4.79 Å². The SMILES string of the molecule is CC(C)(OCCC(=O)N1CCc2c(n(CC3=CC(F)=CCC3)c3ncccc23)C1)C(=O)O. The molecule has 1 N–H and O–H groups in total. The molecule has 0 spiro atoms. The fraction of sp³-hybridized carbons (Fsp3) is 0.458. The molecule has 32 heavy (non-hydrogen) atoms. The maximum Gasteiger partial charge on any atom is 0.335 e. The Kier molecular flexibility index (Phi) is 6.15. The van der Waals surface area contributed by atoms with Gasteiger partial charge in [0.05, 0.1) is 19.6 Å². The second-order valence-corrected chi connectivity index (χ2v) is 8.80. The molecular formula is C24H28FN3O4. The predicted octanol–water partition coefficient (Wildman–Crippen LogP) is 3.76. The van der Waals surface area contributed by atoms with Crippen molar-refractivity contribution in [2.24, 2.45) is 0 Å². The van der Waals surface area contributed by atoms with Gasteiger partial charge in [-0.25, -0.2) is 14.2 Å². The highest BCUT2D eigenvalue weighted by atomic mass is 19.1. The summed E-state index contributed by atoms with van der Waals surface area (Å²) in [7, 11) is 0. The summed E-state index contributed by atoms with van der Waals surface area (Å²) in [4.78, 5) is 30.4. The van der Waals surface area contributed by atoms with E-state index in [1.54, 1.807) is 23.2 Å². The summed E-state index contributed by atoms with van der Waals surface area (Å²) in [5, 5.41) is 10.2. The van der Waals surface area contributed by atoms with E-state index in [2.05, 4.69) is 9.55 Å². The number of amides is 1. The lowest BCUT2D eigenvalue weighted by molar-refractivity contribution is -0.162. The van der Waals surface area contributed by atoms with Crippen molar-refractivity contribution in [2.45, 2.75) is 58.2 Å². The molecule has 0 saturated heterocycles. The summed E-state index contributed by atoms with van der Waals surface area (Å²) in [5.74, 6) is -1.34. The van der Waals surface area contributed by atoms with E-state index in [0.717, 1.165) is 28.7 Å². The molecule has 2 aliphatic rings. The molecule has 3 heterocycles. The third-order valence-electron chi connectivity index (χ3n) is 6.17. The molecule has 0 unspecified atom stereocenters. The van der Waals surface area contributed by atoms with E-state index < -0.39 is 11.6 Å². The fourth-order valence-electron chi connectivity index (χ4n) is 4.31. The zero-order valence-corrected chi connectivity index (χ0v) is 18.4. The van der Waals surface area contributed by atoms with E-state index in [1.807, 2.05) is 12.1 Å². The van der Waals surface area contributed by atoms with Crippen molar-refractivity contribution in [3.63, 3.8) is 0 Å². The van der Waals surface area contributed by atoms with Crippen LogP contribution in [0.2, 0.25) is 0 Å². The third-order valence-corrected chi connectivity index (χ3v) is 6.17. The van der Waals surface area contributed by atoms with Crippen molar-refractivity contribution in [3.8, 4) is 0 Å². The van der Waals surface area contributed by atoms with Crippen molar-refractivity contribution >= 4 is 22.9 Å². The van der Waals surface area contributed by atoms with Gasteiger partial charge in [0.2, 0.25) is 5.91 Å². The summed E-state index contributed by atoms with van der Waals surface area (Å²) < 4.78 is 21.3. The molecule has 2 aromatic rings. The Morgan fingerprint density at radius 3 is 2.88 bits per heavy atom. The number of carbonyl (C=O) groups is 2. The first-order valence-corrected chi connectivity index (χ1v) is 10.9. The van der Waals surface area contributed by atoms with Crippen LogP contribution in [0.3, 0.4) is 0 Å². The fourth-order valence-corrected chi connectivity index (χ4v) is 4.31. The van der Waals surface area contributed by atoms with E-state index in [-0.39, 0.29) is 24.8 Å². The van der Waals surface area contributed by atoms with Crippen LogP contribution in [0.5, 0.6) is 0 Å². The van der Waals surface area contributed by atoms with Gasteiger partial charge >= 0.3 is 5.97 Å². The van der Waals surface area contributed by atoms with Crippen LogP contribution in [-0.4, -0.2) is 50.2 Å². The molecule has 0 atom stereocenters. The first-order valence-electron chi connectivity index (χ1n) is 10.9. The van der Waals surface area contributed by atoms with Crippen molar-refractivity contribution in [1.29, 1.82) is 0 Å². The average molecular weight is 442 g/mol. The smallest absolute Gasteiger partial charge is 0.335 e. The Morgan fingerprint density at radius 2 is 2.12 bits per heavy atom. The van der Waals surface area contributed by atoms with Gasteiger partial charge < -0.3 is 19.3 Å². The molecule has 0 fully saturated rings. The van der Waals surface area contributed by atoms with Crippen LogP contribution in [0.25, 0.3) is 11.0 Å². The topological polar surface area (TPSA) is 84.7 Å². The lowest BCUT2D eigenvalue weighted by Crippen LogP contribution is -2.39. The van der Waals surface area contributed by atoms with E-state index in [0.29, 0.717) is 32.5 Å². The number of carboxylic acid groups (broad SMARTS) is 1. The molecule has 0 saturated carbocycles. The van der Waals surface area contributed by atoms with Crippen LogP contribution < -0.4 is 0 Å². The average Bonchev–Trinajstić information content (AvgIpc) is 3.06. The van der Waals surface area contributed by atoms with Crippen LogP contribution in [0.4, 0.5) is 4.39 Å². The molecule has 0 bridgehead atoms. The number of rotatable bonds is 7. The highest BCUT2D eigenvalue weighted by molar-refractivity contribution is 5.84. The van der Waals surface area contributed by atoms with Crippen molar-refractivity contribution in [1.82, 2.24) is 14.5 Å². The first kappa shape index (κ1) is 22.2. The minimum absolute atomic E-state index is 0.0462. The van der Waals surface area contributed by atoms with Gasteiger partial charge in [0.1, 0.15) is 11.5 Å². The van der Waals surface area contributed by atoms with Crippen molar-refractivity contribution in [2.75, 3.05) is 13.2 Å². The molecule has 4 rings (SSSR count). The van der Waals surface area contributed by atoms with E-state index in [9.17, 15) is 14.0 Å². The number of ether oxygens (including phenoxy) is 1. The van der Waals surface area contributed by atoms with Gasteiger partial charge in [-0.2, -0.15) is 0 Å². The van der Waals surface area contributed by atoms with Crippen LogP contribution >= 0.6 is 0 Å². The molecule has 1 amide bonds. The summed E-state index contributed by atoms with van der Waals surface area (Å²) in [6.45, 7) is 4.56. The van der Waals surface area contributed by atoms with Crippen molar-refractivity contribution < 1.29 is 23.8 Å². The zero-order valence-electron chi connectivity index (χ0n) is 18.4. The zero-order chi connectivity index (χ0) is 22.9. The van der Waals surface area contributed by atoms with E-state index in [1.165, 1.54) is 19.4 Å². The number of aromatic nitrogens is 2. The number of carbonyl (C=O) groups excluding carboxylic acids is 1. The largest absolute Gasteiger partial charge is 0.479 e. The number of fused-ring (bicyclic) bond motifs is 3. The molecular weight excluding hydrogens is 413 g/mol. The molecule has 0 radical (unpaired) electrons. The number of halogens is 1. The van der Waals surface area contributed by atoms with Crippen LogP contribution in [0.15, 0.2) is 41.9 Å². The van der Waals surface area contributed by atoms with Gasteiger partial charge in [0, 0.05) is 30.4 Å². The second kappa shape index (κ2) is 8.86. The maximum atomic E-state index is 13.8. The number of carboxylic acids is 1. The second-order valence-electron chi connectivity index (χ2n) is 8.80. The number of allylic oxidation sites excluding steroid dienone is 4. The summed E-state index contributed by atoms with van der Waals surface area (Å²) >= 11 is 0. The standard InChI is InChI=1S/C24H28FN3O4/c1-24(2,23(30)31)32-12-9-21(29)27-11-8-18-19-7-4-10-26-22(19)28(20(18)15-27)14-16-5-3-6-17(25)13-16/h4,6-7,10,13H,3,5,8-9,11-12,14-15H2,1-2H3,(H,30,31). The van der Waals surface area contributed by atoms with E-state index >= 15 is 0 Å². The minimum atomic E-state index is -1.33. The van der Waals surface area contributed by atoms with Gasteiger partial charge in [-0.05, 0) is 68.5 Å². The number of aliphatic carboxylic acids is 1. The van der Waals surface area contributed by atoms with Gasteiger partial charge in [-0.15, -0.1) is 0 Å². The monoisotopic (exact) mass is 441 g/mol. The Bertz CT molecular complexity index is 1120. The first-order chi connectivity index (χ1) is 15.3. The summed E-state index contributed by atoms with van der Waals surface area (Å²) in [6.07, 6.45) is 7.26. The maximum absolute atomic E-state index is 13.8. The number of pyridine rings is 1. The highest BCUT2D eigenvalue weighted by Crippen LogP contribution is 2.32. The quantitative estimate of drug-likeness (QED) is 0.707. The van der Waals surface area contributed by atoms with Crippen molar-refractivity contribution in [3.05, 3.63) is 53.1 Å².